The van der Waals surface area contributed by atoms with E-state index in [0.717, 1.165) is 0 Å². The Labute approximate surface area is 295 Å². The first-order chi connectivity index (χ1) is 24.5. The van der Waals surface area contributed by atoms with E-state index in [1.54, 1.807) is 42.5 Å². The summed E-state index contributed by atoms with van der Waals surface area (Å²) in [6.07, 6.45) is 0.376. The number of benzene rings is 2. The van der Waals surface area contributed by atoms with Gasteiger partial charge in [-0.2, -0.15) is 0 Å². The molecule has 6 rings (SSSR count). The topological polar surface area (TPSA) is 204 Å². The predicted octanol–water partition coefficient (Wildman–Crippen LogP) is -0.447. The largest absolute Gasteiger partial charge is 0.486 e. The van der Waals surface area contributed by atoms with Gasteiger partial charge in [0.05, 0.1) is 12.0 Å². The predicted molar refractivity (Wildman–Crippen MR) is 181 cm³/mol. The SMILES string of the molecule is C[C@@H]1NC(=O)[C@@H]2C[C@@H](NC(=O)c3ccc4c(c3)OCCO4)CN2C(=O)[C@H](Cc2ccccc2)NC(=O)[C@H]([C@@H](C)O)NC(=O)[C@@H]2CCC[C@H]2NC1=O. The molecule has 0 aromatic heterocycles. The van der Waals surface area contributed by atoms with Crippen LogP contribution in [0.3, 0.4) is 0 Å². The van der Waals surface area contributed by atoms with Gasteiger partial charge in [-0.25, -0.2) is 0 Å². The number of ether oxygens (including phenoxy) is 2. The first-order valence-electron chi connectivity index (χ1n) is 17.4. The summed E-state index contributed by atoms with van der Waals surface area (Å²) < 4.78 is 11.2. The summed E-state index contributed by atoms with van der Waals surface area (Å²) in [5, 5.41) is 24.5. The van der Waals surface area contributed by atoms with E-state index >= 15 is 0 Å². The zero-order valence-corrected chi connectivity index (χ0v) is 28.6. The van der Waals surface area contributed by atoms with Gasteiger partial charge in [0.1, 0.15) is 37.4 Å². The van der Waals surface area contributed by atoms with Gasteiger partial charge < -0.3 is 46.1 Å². The minimum Gasteiger partial charge on any atom is -0.486 e. The molecule has 0 spiro atoms. The number of aliphatic hydroxyl groups is 1. The van der Waals surface area contributed by atoms with Crippen LogP contribution in [0.4, 0.5) is 0 Å². The zero-order chi connectivity index (χ0) is 36.2. The van der Waals surface area contributed by atoms with E-state index in [1.807, 2.05) is 6.07 Å². The second-order valence-electron chi connectivity index (χ2n) is 13.6. The van der Waals surface area contributed by atoms with E-state index in [1.165, 1.54) is 18.7 Å². The van der Waals surface area contributed by atoms with Crippen molar-refractivity contribution in [1.29, 1.82) is 0 Å². The smallest absolute Gasteiger partial charge is 0.251 e. The Bertz CT molecular complexity index is 1670. The van der Waals surface area contributed by atoms with Crippen LogP contribution in [0.5, 0.6) is 11.5 Å². The van der Waals surface area contributed by atoms with Crippen LogP contribution in [0.25, 0.3) is 0 Å². The zero-order valence-electron chi connectivity index (χ0n) is 28.6. The fourth-order valence-electron chi connectivity index (χ4n) is 7.19. The van der Waals surface area contributed by atoms with Gasteiger partial charge >= 0.3 is 0 Å². The molecule has 8 atom stereocenters. The van der Waals surface area contributed by atoms with Crippen molar-refractivity contribution in [3.63, 3.8) is 0 Å². The van der Waals surface area contributed by atoms with Gasteiger partial charge in [-0.1, -0.05) is 36.8 Å². The normalized spacial score (nSPS) is 29.1. The van der Waals surface area contributed by atoms with Gasteiger partial charge in [0.2, 0.25) is 29.5 Å². The number of amides is 6. The monoisotopic (exact) mass is 704 g/mol. The fourth-order valence-corrected chi connectivity index (χ4v) is 7.19. The van der Waals surface area contributed by atoms with Gasteiger partial charge in [-0.15, -0.1) is 0 Å². The van der Waals surface area contributed by atoms with Gasteiger partial charge in [0.15, 0.2) is 11.5 Å². The van der Waals surface area contributed by atoms with E-state index in [9.17, 15) is 33.9 Å². The van der Waals surface area contributed by atoms with Crippen LogP contribution in [0.15, 0.2) is 48.5 Å². The minimum absolute atomic E-state index is 0.0330. The lowest BCUT2D eigenvalue weighted by Gasteiger charge is -2.32. The molecule has 3 heterocycles. The Morgan fingerprint density at radius 2 is 1.65 bits per heavy atom. The molecule has 2 aromatic carbocycles. The number of nitrogens with one attached hydrogen (secondary N) is 5. The molecule has 0 unspecified atom stereocenters. The van der Waals surface area contributed by atoms with Gasteiger partial charge in [0.25, 0.3) is 5.91 Å². The van der Waals surface area contributed by atoms with E-state index in [0.29, 0.717) is 55.1 Å². The number of carbonyl (C=O) groups is 6. The lowest BCUT2D eigenvalue weighted by Crippen LogP contribution is -2.61. The molecule has 272 valence electrons. The maximum absolute atomic E-state index is 14.5. The molecule has 15 heteroatoms. The van der Waals surface area contributed by atoms with Crippen molar-refractivity contribution in [2.45, 2.75) is 88.3 Å². The number of fused-ring (bicyclic) bond motifs is 3. The molecule has 15 nitrogen and oxygen atoms in total. The molecular formula is C36H44N6O9. The standard InChI is InChI=1S/C36H44N6O9/c1-19-31(44)39-25-10-6-9-24(25)33(46)41-30(20(2)43)35(48)40-26(15-21-7-4-3-5-8-21)36(49)42-18-23(17-27(42)34(47)37-19)38-32(45)22-11-12-28-29(16-22)51-14-13-50-28/h3-5,7-8,11-12,16,19-20,23-27,30,43H,6,9-10,13-15,17-18H2,1-2H3,(H,37,47)(H,38,45)(H,39,44)(H,40,48)(H,41,46)/t19-,20+,23+,24+,25+,26-,27-,30-/m0/s1. The summed E-state index contributed by atoms with van der Waals surface area (Å²) in [6.45, 7) is 3.55. The van der Waals surface area contributed by atoms with Gasteiger partial charge in [-0.05, 0) is 56.9 Å². The second kappa shape index (κ2) is 15.4. The van der Waals surface area contributed by atoms with Crippen molar-refractivity contribution in [2.24, 2.45) is 5.92 Å². The lowest BCUT2D eigenvalue weighted by molar-refractivity contribution is -0.143. The lowest BCUT2D eigenvalue weighted by atomic mass is 10.00. The van der Waals surface area contributed by atoms with Gasteiger partial charge in [-0.3, -0.25) is 28.8 Å². The van der Waals surface area contributed by atoms with Crippen LogP contribution >= 0.6 is 0 Å². The summed E-state index contributed by atoms with van der Waals surface area (Å²) in [7, 11) is 0. The summed E-state index contributed by atoms with van der Waals surface area (Å²) in [6, 6.07) is 7.82. The number of aliphatic hydroxyl groups excluding tert-OH is 1. The maximum Gasteiger partial charge on any atom is 0.251 e. The average Bonchev–Trinajstić information content (AvgIpc) is 3.77. The Kier molecular flexibility index (Phi) is 10.7. The number of carbonyl (C=O) groups excluding carboxylic acids is 6. The van der Waals surface area contributed by atoms with Crippen LogP contribution in [0.1, 0.15) is 55.5 Å². The highest BCUT2D eigenvalue weighted by atomic mass is 16.6. The molecule has 2 aromatic rings. The third-order valence-corrected chi connectivity index (χ3v) is 9.92. The molecule has 0 radical (unpaired) electrons. The molecule has 6 amide bonds. The highest BCUT2D eigenvalue weighted by molar-refractivity contribution is 5.98. The first-order valence-corrected chi connectivity index (χ1v) is 17.4. The van der Waals surface area contributed by atoms with E-state index in [4.69, 9.17) is 9.47 Å². The number of hydrogen-bond donors (Lipinski definition) is 6. The summed E-state index contributed by atoms with van der Waals surface area (Å²) in [5.41, 5.74) is 1.01. The molecule has 3 fully saturated rings. The van der Waals surface area contributed by atoms with Crippen LogP contribution < -0.4 is 36.1 Å². The minimum atomic E-state index is -1.40. The molecular weight excluding hydrogens is 660 g/mol. The summed E-state index contributed by atoms with van der Waals surface area (Å²) >= 11 is 0. The number of nitrogens with zero attached hydrogens (tertiary/aromatic N) is 1. The average molecular weight is 705 g/mol. The highest BCUT2D eigenvalue weighted by Crippen LogP contribution is 2.31. The second-order valence-corrected chi connectivity index (χ2v) is 13.6. The van der Waals surface area contributed by atoms with Crippen molar-refractivity contribution in [1.82, 2.24) is 31.5 Å². The molecule has 1 aliphatic carbocycles. The quantitative estimate of drug-likeness (QED) is 0.238. The van der Waals surface area contributed by atoms with Crippen molar-refractivity contribution in [3.8, 4) is 11.5 Å². The molecule has 0 bridgehead atoms. The third kappa shape index (κ3) is 8.08. The van der Waals surface area contributed by atoms with Crippen LogP contribution in [0, 0.1) is 5.92 Å². The van der Waals surface area contributed by atoms with Crippen LogP contribution in [-0.4, -0.2) is 108 Å². The Balaban J connectivity index is 1.31. The highest BCUT2D eigenvalue weighted by Gasteiger charge is 2.45. The Morgan fingerprint density at radius 3 is 2.39 bits per heavy atom. The van der Waals surface area contributed by atoms with E-state index in [2.05, 4.69) is 26.6 Å². The van der Waals surface area contributed by atoms with Crippen LogP contribution in [-0.2, 0) is 30.4 Å². The molecule has 4 aliphatic rings. The number of rotatable bonds is 5. The van der Waals surface area contributed by atoms with Crippen LogP contribution in [0.2, 0.25) is 0 Å². The Hall–Kier alpha value is -5.18. The molecule has 3 aliphatic heterocycles. The van der Waals surface area contributed by atoms with Gasteiger partial charge in [0, 0.05) is 30.6 Å². The van der Waals surface area contributed by atoms with Crippen molar-refractivity contribution < 1.29 is 43.3 Å². The Morgan fingerprint density at radius 1 is 0.902 bits per heavy atom. The maximum atomic E-state index is 14.5. The van der Waals surface area contributed by atoms with Crippen molar-refractivity contribution >= 4 is 35.4 Å². The fraction of sp³-hybridized carbons (Fsp3) is 0.500. The number of hydrogen-bond acceptors (Lipinski definition) is 9. The van der Waals surface area contributed by atoms with Crippen molar-refractivity contribution in [2.75, 3.05) is 19.8 Å². The van der Waals surface area contributed by atoms with E-state index in [-0.39, 0.29) is 19.4 Å². The van der Waals surface area contributed by atoms with E-state index < -0.39 is 83.7 Å². The molecule has 6 N–H and O–H groups in total. The first kappa shape index (κ1) is 35.6. The third-order valence-electron chi connectivity index (χ3n) is 9.92. The molecule has 51 heavy (non-hydrogen) atoms. The summed E-state index contributed by atoms with van der Waals surface area (Å²) in [4.78, 5) is 83.6. The molecule has 2 saturated heterocycles. The summed E-state index contributed by atoms with van der Waals surface area (Å²) in [5.74, 6) is -3.18. The van der Waals surface area contributed by atoms with Crippen molar-refractivity contribution in [3.05, 3.63) is 59.7 Å². The molecule has 1 saturated carbocycles.